The van der Waals surface area contributed by atoms with E-state index >= 15 is 0 Å². The maximum absolute atomic E-state index is 12.6. The number of anilines is 1. The molecule has 6 heteroatoms. The molecule has 2 heterocycles. The Hall–Kier alpha value is -2.31. The summed E-state index contributed by atoms with van der Waals surface area (Å²) in [4.78, 5) is 22.2. The van der Waals surface area contributed by atoms with E-state index in [9.17, 15) is 4.79 Å². The van der Waals surface area contributed by atoms with Gasteiger partial charge in [-0.25, -0.2) is 4.98 Å². The molecule has 0 saturated carbocycles. The number of carbonyl (C=O) groups is 1. The summed E-state index contributed by atoms with van der Waals surface area (Å²) in [6.07, 6.45) is 7.26. The first kappa shape index (κ1) is 17.5. The SMILES string of the molecule is CSc1ccc(NC(=O)c2cccnc2SCc2ccncc2)cc1. The van der Waals surface area contributed by atoms with Crippen molar-refractivity contribution < 1.29 is 4.79 Å². The molecule has 0 unspecified atom stereocenters. The third-order valence-corrected chi connectivity index (χ3v) is 5.31. The summed E-state index contributed by atoms with van der Waals surface area (Å²) >= 11 is 3.21. The Labute approximate surface area is 155 Å². The first-order valence-electron chi connectivity index (χ1n) is 7.68. The van der Waals surface area contributed by atoms with Crippen LogP contribution in [0, 0.1) is 0 Å². The topological polar surface area (TPSA) is 54.9 Å². The van der Waals surface area contributed by atoms with Gasteiger partial charge in [0.2, 0.25) is 0 Å². The van der Waals surface area contributed by atoms with Crippen LogP contribution in [0.5, 0.6) is 0 Å². The highest BCUT2D eigenvalue weighted by atomic mass is 32.2. The summed E-state index contributed by atoms with van der Waals surface area (Å²) in [7, 11) is 0. The first-order chi connectivity index (χ1) is 12.3. The standard InChI is InChI=1S/C19H17N3OS2/c1-24-16-6-4-15(5-7-16)22-18(23)17-3-2-10-21-19(17)25-13-14-8-11-20-12-9-14/h2-12H,13H2,1H3,(H,22,23). The van der Waals surface area contributed by atoms with E-state index in [4.69, 9.17) is 0 Å². The Balaban J connectivity index is 1.71. The summed E-state index contributed by atoms with van der Waals surface area (Å²) in [6, 6.07) is 15.3. The Bertz CT molecular complexity index is 839. The van der Waals surface area contributed by atoms with Crippen LogP contribution in [0.15, 0.2) is 77.0 Å². The van der Waals surface area contributed by atoms with Gasteiger partial charge in [-0.15, -0.1) is 23.5 Å². The number of benzene rings is 1. The molecule has 1 aromatic carbocycles. The van der Waals surface area contributed by atoms with Crippen LogP contribution < -0.4 is 5.32 Å². The van der Waals surface area contributed by atoms with Crippen LogP contribution in [-0.4, -0.2) is 22.1 Å². The lowest BCUT2D eigenvalue weighted by Crippen LogP contribution is -2.13. The minimum Gasteiger partial charge on any atom is -0.322 e. The van der Waals surface area contributed by atoms with E-state index in [1.807, 2.05) is 42.7 Å². The number of pyridine rings is 2. The largest absolute Gasteiger partial charge is 0.322 e. The zero-order chi connectivity index (χ0) is 17.5. The normalized spacial score (nSPS) is 10.4. The summed E-state index contributed by atoms with van der Waals surface area (Å²) in [5.41, 5.74) is 2.50. The van der Waals surface area contributed by atoms with Crippen LogP contribution in [0.25, 0.3) is 0 Å². The Morgan fingerprint density at radius 3 is 2.52 bits per heavy atom. The molecule has 25 heavy (non-hydrogen) atoms. The van der Waals surface area contributed by atoms with Crippen molar-refractivity contribution in [3.63, 3.8) is 0 Å². The van der Waals surface area contributed by atoms with Gasteiger partial charge in [-0.1, -0.05) is 0 Å². The van der Waals surface area contributed by atoms with Gasteiger partial charge in [0.1, 0.15) is 5.03 Å². The van der Waals surface area contributed by atoms with E-state index in [-0.39, 0.29) is 5.91 Å². The number of nitrogens with one attached hydrogen (secondary N) is 1. The first-order valence-corrected chi connectivity index (χ1v) is 9.89. The molecule has 3 aromatic rings. The van der Waals surface area contributed by atoms with E-state index in [0.29, 0.717) is 5.56 Å². The third-order valence-electron chi connectivity index (χ3n) is 3.49. The van der Waals surface area contributed by atoms with Gasteiger partial charge in [0.25, 0.3) is 5.91 Å². The smallest absolute Gasteiger partial charge is 0.258 e. The minimum atomic E-state index is -0.151. The van der Waals surface area contributed by atoms with Gasteiger partial charge in [-0.05, 0) is 60.4 Å². The van der Waals surface area contributed by atoms with Gasteiger partial charge in [0.05, 0.1) is 5.56 Å². The molecule has 3 rings (SSSR count). The maximum Gasteiger partial charge on any atom is 0.258 e. The number of amides is 1. The summed E-state index contributed by atoms with van der Waals surface area (Å²) in [6.45, 7) is 0. The van der Waals surface area contributed by atoms with E-state index in [2.05, 4.69) is 15.3 Å². The molecule has 0 atom stereocenters. The zero-order valence-electron chi connectivity index (χ0n) is 13.7. The summed E-state index contributed by atoms with van der Waals surface area (Å²) < 4.78 is 0. The van der Waals surface area contributed by atoms with Gasteiger partial charge >= 0.3 is 0 Å². The Morgan fingerprint density at radius 2 is 1.80 bits per heavy atom. The predicted octanol–water partition coefficient (Wildman–Crippen LogP) is 4.74. The molecule has 0 bridgehead atoms. The van der Waals surface area contributed by atoms with Crippen molar-refractivity contribution in [2.45, 2.75) is 15.7 Å². The van der Waals surface area contributed by atoms with Crippen molar-refractivity contribution in [3.8, 4) is 0 Å². The fourth-order valence-corrected chi connectivity index (χ4v) is 3.54. The Morgan fingerprint density at radius 1 is 1.04 bits per heavy atom. The second-order valence-electron chi connectivity index (χ2n) is 5.18. The monoisotopic (exact) mass is 367 g/mol. The zero-order valence-corrected chi connectivity index (χ0v) is 15.3. The number of thioether (sulfide) groups is 2. The number of hydrogen-bond donors (Lipinski definition) is 1. The second-order valence-corrected chi connectivity index (χ2v) is 7.03. The molecule has 0 saturated heterocycles. The van der Waals surface area contributed by atoms with Gasteiger partial charge in [0, 0.05) is 34.9 Å². The average Bonchev–Trinajstić information content (AvgIpc) is 2.68. The van der Waals surface area contributed by atoms with Crippen molar-refractivity contribution in [1.82, 2.24) is 9.97 Å². The number of aromatic nitrogens is 2. The van der Waals surface area contributed by atoms with Crippen LogP contribution in [0.4, 0.5) is 5.69 Å². The van der Waals surface area contributed by atoms with Gasteiger partial charge in [0.15, 0.2) is 0 Å². The third kappa shape index (κ3) is 4.84. The number of carbonyl (C=O) groups excluding carboxylic acids is 1. The molecule has 0 fully saturated rings. The lowest BCUT2D eigenvalue weighted by Gasteiger charge is -2.09. The van der Waals surface area contributed by atoms with Crippen molar-refractivity contribution in [2.75, 3.05) is 11.6 Å². The van der Waals surface area contributed by atoms with E-state index in [1.165, 1.54) is 0 Å². The molecular formula is C19H17N3OS2. The highest BCUT2D eigenvalue weighted by molar-refractivity contribution is 7.98. The number of hydrogen-bond acceptors (Lipinski definition) is 5. The minimum absolute atomic E-state index is 0.151. The van der Waals surface area contributed by atoms with Crippen LogP contribution >= 0.6 is 23.5 Å². The van der Waals surface area contributed by atoms with Gasteiger partial charge in [-0.2, -0.15) is 0 Å². The van der Waals surface area contributed by atoms with E-state index in [0.717, 1.165) is 26.9 Å². The van der Waals surface area contributed by atoms with Gasteiger partial charge < -0.3 is 5.32 Å². The highest BCUT2D eigenvalue weighted by Gasteiger charge is 2.13. The fourth-order valence-electron chi connectivity index (χ4n) is 2.18. The lowest BCUT2D eigenvalue weighted by molar-refractivity contribution is 0.102. The summed E-state index contributed by atoms with van der Waals surface area (Å²) in [5, 5.41) is 3.66. The Kier molecular flexibility index (Phi) is 6.09. The van der Waals surface area contributed by atoms with E-state index < -0.39 is 0 Å². The predicted molar refractivity (Wildman–Crippen MR) is 104 cm³/mol. The van der Waals surface area contributed by atoms with E-state index in [1.54, 1.807) is 54.2 Å². The molecule has 0 aliphatic rings. The summed E-state index contributed by atoms with van der Waals surface area (Å²) in [5.74, 6) is 0.588. The van der Waals surface area contributed by atoms with Crippen LogP contribution in [0.3, 0.4) is 0 Å². The molecule has 0 radical (unpaired) electrons. The average molecular weight is 367 g/mol. The number of rotatable bonds is 6. The van der Waals surface area contributed by atoms with Crippen LogP contribution in [0.2, 0.25) is 0 Å². The molecule has 0 spiro atoms. The molecule has 0 aliphatic carbocycles. The molecule has 126 valence electrons. The maximum atomic E-state index is 12.6. The van der Waals surface area contributed by atoms with Crippen molar-refractivity contribution in [2.24, 2.45) is 0 Å². The quantitative estimate of drug-likeness (QED) is 0.638. The van der Waals surface area contributed by atoms with Gasteiger partial charge in [-0.3, -0.25) is 9.78 Å². The molecule has 1 amide bonds. The van der Waals surface area contributed by atoms with Crippen LogP contribution in [0.1, 0.15) is 15.9 Å². The van der Waals surface area contributed by atoms with Crippen LogP contribution in [-0.2, 0) is 5.75 Å². The molecule has 2 aromatic heterocycles. The number of nitrogens with zero attached hydrogens (tertiary/aromatic N) is 2. The molecule has 1 N–H and O–H groups in total. The van der Waals surface area contributed by atoms with Crippen molar-refractivity contribution in [3.05, 3.63) is 78.2 Å². The van der Waals surface area contributed by atoms with Crippen molar-refractivity contribution >= 4 is 35.1 Å². The molecular weight excluding hydrogens is 350 g/mol. The lowest BCUT2D eigenvalue weighted by atomic mass is 10.2. The second kappa shape index (κ2) is 8.69. The fraction of sp³-hybridized carbons (Fsp3) is 0.105. The molecule has 0 aliphatic heterocycles. The molecule has 4 nitrogen and oxygen atoms in total. The highest BCUT2D eigenvalue weighted by Crippen LogP contribution is 2.25. The van der Waals surface area contributed by atoms with Crippen molar-refractivity contribution in [1.29, 1.82) is 0 Å².